The number of hydrogen-bond acceptors (Lipinski definition) is 0. The number of hydrogen-bond donors (Lipinski definition) is 0. The average Bonchev–Trinajstić information content (AvgIpc) is 3.11. The quantitative estimate of drug-likeness (QED) is 0.409. The minimum absolute atomic E-state index is 0.118. The molecule has 0 atom stereocenters. The lowest BCUT2D eigenvalue weighted by atomic mass is 9.78. The van der Waals surface area contributed by atoms with Gasteiger partial charge in [0.05, 0.1) is 0 Å². The summed E-state index contributed by atoms with van der Waals surface area (Å²) in [6, 6.07) is 22.7. The van der Waals surface area contributed by atoms with E-state index in [0.717, 1.165) is 6.42 Å². The standard InChI is InChI=1S/C30H34/c1-20-13-14-22-15-23(21-11-9-8-10-12-21)18-27(22)28(20)24-16-25(29(2,3)4)19-26(17-24)30(5,6)7/h8-14,16-19H,15H2,1-7H3. The van der Waals surface area contributed by atoms with Crippen molar-refractivity contribution in [1.82, 2.24) is 0 Å². The van der Waals surface area contributed by atoms with Gasteiger partial charge in [0.2, 0.25) is 0 Å². The molecule has 1 aliphatic rings. The highest BCUT2D eigenvalue weighted by Crippen LogP contribution is 2.41. The second-order valence-corrected chi connectivity index (χ2v) is 10.8. The summed E-state index contributed by atoms with van der Waals surface area (Å²) in [7, 11) is 0. The topological polar surface area (TPSA) is 0 Å². The molecule has 3 aromatic rings. The van der Waals surface area contributed by atoms with Crippen molar-refractivity contribution in [2.45, 2.75) is 65.7 Å². The summed E-state index contributed by atoms with van der Waals surface area (Å²) in [6.45, 7) is 16.1. The van der Waals surface area contributed by atoms with Crippen LogP contribution in [0.15, 0.2) is 60.7 Å². The molecule has 0 heterocycles. The summed E-state index contributed by atoms with van der Waals surface area (Å²) in [5, 5.41) is 0. The maximum absolute atomic E-state index is 2.42. The fourth-order valence-corrected chi connectivity index (χ4v) is 4.38. The number of aryl methyl sites for hydroxylation is 1. The van der Waals surface area contributed by atoms with Crippen LogP contribution < -0.4 is 0 Å². The van der Waals surface area contributed by atoms with E-state index in [1.807, 2.05) is 0 Å². The van der Waals surface area contributed by atoms with Gasteiger partial charge in [-0.2, -0.15) is 0 Å². The first-order valence-corrected chi connectivity index (χ1v) is 11.1. The SMILES string of the molecule is Cc1ccc2c(c1-c1cc(C(C)(C)C)cc(C(C)(C)C)c1)C=C(c1ccccc1)C2. The van der Waals surface area contributed by atoms with Crippen LogP contribution in [0.4, 0.5) is 0 Å². The lowest BCUT2D eigenvalue weighted by Gasteiger charge is -2.27. The smallest absolute Gasteiger partial charge is 0.00134 e. The normalized spacial score (nSPS) is 13.9. The molecule has 0 saturated heterocycles. The number of benzene rings is 3. The molecule has 0 amide bonds. The zero-order chi connectivity index (χ0) is 21.7. The molecular weight excluding hydrogens is 360 g/mol. The number of rotatable bonds is 2. The van der Waals surface area contributed by atoms with Crippen LogP contribution in [0.25, 0.3) is 22.8 Å². The van der Waals surface area contributed by atoms with Crippen LogP contribution >= 0.6 is 0 Å². The Morgan fingerprint density at radius 3 is 1.83 bits per heavy atom. The van der Waals surface area contributed by atoms with Gasteiger partial charge in [0.1, 0.15) is 0 Å². The molecule has 154 valence electrons. The summed E-state index contributed by atoms with van der Waals surface area (Å²) in [5.41, 5.74) is 12.7. The third kappa shape index (κ3) is 3.88. The Labute approximate surface area is 182 Å². The van der Waals surface area contributed by atoms with E-state index in [4.69, 9.17) is 0 Å². The molecule has 0 unspecified atom stereocenters. The Bertz CT molecular complexity index is 1080. The van der Waals surface area contributed by atoms with Crippen molar-refractivity contribution in [2.24, 2.45) is 0 Å². The molecule has 0 bridgehead atoms. The highest BCUT2D eigenvalue weighted by molar-refractivity contribution is 5.95. The molecule has 0 nitrogen and oxygen atoms in total. The van der Waals surface area contributed by atoms with E-state index in [2.05, 4.69) is 115 Å². The minimum atomic E-state index is 0.118. The van der Waals surface area contributed by atoms with E-state index < -0.39 is 0 Å². The Balaban J connectivity index is 1.93. The fourth-order valence-electron chi connectivity index (χ4n) is 4.38. The zero-order valence-corrected chi connectivity index (χ0v) is 19.6. The lowest BCUT2D eigenvalue weighted by Crippen LogP contribution is -2.16. The second-order valence-electron chi connectivity index (χ2n) is 10.8. The summed E-state index contributed by atoms with van der Waals surface area (Å²) >= 11 is 0. The molecule has 0 heteroatoms. The molecule has 1 aliphatic carbocycles. The summed E-state index contributed by atoms with van der Waals surface area (Å²) < 4.78 is 0. The third-order valence-electron chi connectivity index (χ3n) is 6.34. The van der Waals surface area contributed by atoms with Crippen molar-refractivity contribution in [3.8, 4) is 11.1 Å². The summed E-state index contributed by atoms with van der Waals surface area (Å²) in [6.07, 6.45) is 3.44. The minimum Gasteiger partial charge on any atom is -0.0622 e. The van der Waals surface area contributed by atoms with Crippen LogP contribution in [0.3, 0.4) is 0 Å². The molecule has 30 heavy (non-hydrogen) atoms. The Morgan fingerprint density at radius 2 is 1.27 bits per heavy atom. The predicted octanol–water partition coefficient (Wildman–Crippen LogP) is 8.35. The maximum atomic E-state index is 2.42. The Hall–Kier alpha value is -2.60. The van der Waals surface area contributed by atoms with Gasteiger partial charge in [-0.3, -0.25) is 0 Å². The molecule has 0 spiro atoms. The summed E-state index contributed by atoms with van der Waals surface area (Å²) in [5.74, 6) is 0. The van der Waals surface area contributed by atoms with Crippen LogP contribution in [0, 0.1) is 6.92 Å². The van der Waals surface area contributed by atoms with Gasteiger partial charge < -0.3 is 0 Å². The Morgan fingerprint density at radius 1 is 0.667 bits per heavy atom. The molecule has 0 radical (unpaired) electrons. The predicted molar refractivity (Wildman–Crippen MR) is 132 cm³/mol. The molecule has 0 fully saturated rings. The van der Waals surface area contributed by atoms with Crippen molar-refractivity contribution in [2.75, 3.05) is 0 Å². The molecule has 0 saturated carbocycles. The highest BCUT2D eigenvalue weighted by atomic mass is 14.3. The van der Waals surface area contributed by atoms with Gasteiger partial charge in [-0.25, -0.2) is 0 Å². The fraction of sp³-hybridized carbons (Fsp3) is 0.333. The first kappa shape index (κ1) is 20.7. The zero-order valence-electron chi connectivity index (χ0n) is 19.6. The van der Waals surface area contributed by atoms with Crippen LogP contribution in [-0.2, 0) is 17.3 Å². The van der Waals surface area contributed by atoms with Crippen LogP contribution in [-0.4, -0.2) is 0 Å². The number of allylic oxidation sites excluding steroid dienone is 1. The van der Waals surface area contributed by atoms with Gasteiger partial charge in [-0.1, -0.05) is 102 Å². The van der Waals surface area contributed by atoms with Crippen LogP contribution in [0.5, 0.6) is 0 Å². The van der Waals surface area contributed by atoms with E-state index in [-0.39, 0.29) is 10.8 Å². The lowest BCUT2D eigenvalue weighted by molar-refractivity contribution is 0.569. The van der Waals surface area contributed by atoms with Crippen LogP contribution in [0.2, 0.25) is 0 Å². The van der Waals surface area contributed by atoms with E-state index in [1.54, 1.807) is 0 Å². The maximum Gasteiger partial charge on any atom is -0.00134 e. The molecule has 0 aromatic heterocycles. The second kappa shape index (κ2) is 7.27. The third-order valence-corrected chi connectivity index (χ3v) is 6.34. The van der Waals surface area contributed by atoms with Crippen molar-refractivity contribution < 1.29 is 0 Å². The van der Waals surface area contributed by atoms with E-state index in [1.165, 1.54) is 50.1 Å². The van der Waals surface area contributed by atoms with Gasteiger partial charge in [0.25, 0.3) is 0 Å². The van der Waals surface area contributed by atoms with Gasteiger partial charge in [0.15, 0.2) is 0 Å². The molecular formula is C30H34. The molecule has 0 aliphatic heterocycles. The largest absolute Gasteiger partial charge is 0.0622 e. The molecule has 3 aromatic carbocycles. The van der Waals surface area contributed by atoms with E-state index >= 15 is 0 Å². The average molecular weight is 395 g/mol. The van der Waals surface area contributed by atoms with Crippen molar-refractivity contribution in [3.63, 3.8) is 0 Å². The van der Waals surface area contributed by atoms with Crippen molar-refractivity contribution in [1.29, 1.82) is 0 Å². The van der Waals surface area contributed by atoms with Crippen molar-refractivity contribution >= 4 is 11.6 Å². The Kier molecular flexibility index (Phi) is 5.01. The monoisotopic (exact) mass is 394 g/mol. The summed E-state index contributed by atoms with van der Waals surface area (Å²) in [4.78, 5) is 0. The molecule has 0 N–H and O–H groups in total. The van der Waals surface area contributed by atoms with E-state index in [0.29, 0.717) is 0 Å². The van der Waals surface area contributed by atoms with Gasteiger partial charge >= 0.3 is 0 Å². The van der Waals surface area contributed by atoms with E-state index in [9.17, 15) is 0 Å². The first-order chi connectivity index (χ1) is 14.0. The highest BCUT2D eigenvalue weighted by Gasteiger charge is 2.24. The van der Waals surface area contributed by atoms with Gasteiger partial charge in [-0.05, 0) is 80.3 Å². The van der Waals surface area contributed by atoms with Crippen LogP contribution in [0.1, 0.15) is 74.9 Å². The van der Waals surface area contributed by atoms with Crippen molar-refractivity contribution in [3.05, 3.63) is 94.0 Å². The van der Waals surface area contributed by atoms with Gasteiger partial charge in [0, 0.05) is 0 Å². The first-order valence-electron chi connectivity index (χ1n) is 11.1. The van der Waals surface area contributed by atoms with Gasteiger partial charge in [-0.15, -0.1) is 0 Å². The molecule has 4 rings (SSSR count). The number of fused-ring (bicyclic) bond motifs is 1.